The van der Waals surface area contributed by atoms with Gasteiger partial charge in [0.05, 0.1) is 12.6 Å². The zero-order valence-corrected chi connectivity index (χ0v) is 12.1. The average Bonchev–Trinajstić information content (AvgIpc) is 2.27. The molecule has 6 heteroatoms. The number of β-amino-alcohol motifs (C(OH)–C–C–N with tert-alkyl or cyclic N) is 1. The van der Waals surface area contributed by atoms with Crippen molar-refractivity contribution in [2.75, 3.05) is 52.4 Å². The van der Waals surface area contributed by atoms with Crippen LogP contribution in [0, 0.1) is 5.92 Å². The summed E-state index contributed by atoms with van der Waals surface area (Å²) in [5.74, 6) is 0.112. The summed E-state index contributed by atoms with van der Waals surface area (Å²) in [4.78, 5) is 15.2. The lowest BCUT2D eigenvalue weighted by Gasteiger charge is -2.31. The third kappa shape index (κ3) is 7.47. The van der Waals surface area contributed by atoms with E-state index in [0.29, 0.717) is 19.0 Å². The molecule has 0 aromatic heterocycles. The lowest BCUT2D eigenvalue weighted by molar-refractivity contribution is -0.119. The Morgan fingerprint density at radius 1 is 1.37 bits per heavy atom. The summed E-state index contributed by atoms with van der Waals surface area (Å²) in [7, 11) is 0. The Morgan fingerprint density at radius 2 is 2.00 bits per heavy atom. The first kappa shape index (κ1) is 16.4. The lowest BCUT2D eigenvalue weighted by atomic mass is 10.2. The van der Waals surface area contributed by atoms with E-state index in [1.807, 2.05) is 4.90 Å². The molecule has 0 spiro atoms. The number of carbonyl (C=O) groups is 1. The minimum absolute atomic E-state index is 0.219. The van der Waals surface area contributed by atoms with Crippen molar-refractivity contribution in [2.24, 2.45) is 11.7 Å². The SMILES string of the molecule is CC(C)CN(CC(N)=O)CC(O)CN1CCNCC1. The number of piperazine rings is 1. The molecular weight excluding hydrogens is 244 g/mol. The normalized spacial score (nSPS) is 19.0. The Labute approximate surface area is 115 Å². The molecule has 1 aliphatic heterocycles. The number of nitrogens with zero attached hydrogens (tertiary/aromatic N) is 2. The van der Waals surface area contributed by atoms with Crippen molar-refractivity contribution in [3.05, 3.63) is 0 Å². The van der Waals surface area contributed by atoms with Crippen LogP contribution in [-0.4, -0.2) is 79.3 Å². The van der Waals surface area contributed by atoms with E-state index in [9.17, 15) is 9.90 Å². The standard InChI is InChI=1S/C13H28N4O2/c1-11(2)7-17(10-13(14)19)9-12(18)8-16-5-3-15-4-6-16/h11-12,15,18H,3-10H2,1-2H3,(H2,14,19). The molecule has 6 nitrogen and oxygen atoms in total. The summed E-state index contributed by atoms with van der Waals surface area (Å²) in [6.45, 7) is 10.2. The quantitative estimate of drug-likeness (QED) is 0.511. The van der Waals surface area contributed by atoms with Crippen molar-refractivity contribution in [1.82, 2.24) is 15.1 Å². The highest BCUT2D eigenvalue weighted by atomic mass is 16.3. The van der Waals surface area contributed by atoms with E-state index in [-0.39, 0.29) is 12.5 Å². The van der Waals surface area contributed by atoms with Crippen LogP contribution < -0.4 is 11.1 Å². The molecule has 0 aromatic carbocycles. The topological polar surface area (TPSA) is 81.8 Å². The molecule has 1 atom stereocenters. The van der Waals surface area contributed by atoms with E-state index in [2.05, 4.69) is 24.1 Å². The summed E-state index contributed by atoms with van der Waals surface area (Å²) in [6, 6.07) is 0. The van der Waals surface area contributed by atoms with Crippen molar-refractivity contribution in [3.8, 4) is 0 Å². The number of nitrogens with one attached hydrogen (secondary N) is 1. The van der Waals surface area contributed by atoms with Gasteiger partial charge in [-0.05, 0) is 5.92 Å². The first-order valence-corrected chi connectivity index (χ1v) is 7.09. The Balaban J connectivity index is 2.35. The number of nitrogens with two attached hydrogens (primary N) is 1. The number of hydrogen-bond donors (Lipinski definition) is 3. The van der Waals surface area contributed by atoms with Gasteiger partial charge in [0.15, 0.2) is 0 Å². The zero-order chi connectivity index (χ0) is 14.3. The van der Waals surface area contributed by atoms with Gasteiger partial charge in [-0.1, -0.05) is 13.8 Å². The van der Waals surface area contributed by atoms with Crippen LogP contribution in [0.3, 0.4) is 0 Å². The summed E-state index contributed by atoms with van der Waals surface area (Å²) < 4.78 is 0. The van der Waals surface area contributed by atoms with Gasteiger partial charge < -0.3 is 16.2 Å². The second-order valence-corrected chi connectivity index (χ2v) is 5.76. The third-order valence-corrected chi connectivity index (χ3v) is 3.15. The molecular formula is C13H28N4O2. The molecule has 1 fully saturated rings. The van der Waals surface area contributed by atoms with Crippen molar-refractivity contribution in [2.45, 2.75) is 20.0 Å². The van der Waals surface area contributed by atoms with Crippen LogP contribution in [0.1, 0.15) is 13.8 Å². The first-order chi connectivity index (χ1) is 8.97. The van der Waals surface area contributed by atoms with Crippen LogP contribution >= 0.6 is 0 Å². The van der Waals surface area contributed by atoms with Gasteiger partial charge >= 0.3 is 0 Å². The fourth-order valence-corrected chi connectivity index (χ4v) is 2.49. The number of aliphatic hydroxyl groups excluding tert-OH is 1. The molecule has 0 aromatic rings. The van der Waals surface area contributed by atoms with Crippen molar-refractivity contribution in [3.63, 3.8) is 0 Å². The molecule has 0 saturated carbocycles. The van der Waals surface area contributed by atoms with Crippen LogP contribution in [0.2, 0.25) is 0 Å². The highest BCUT2D eigenvalue weighted by molar-refractivity contribution is 5.75. The minimum atomic E-state index is -0.434. The number of carbonyl (C=O) groups excluding carboxylic acids is 1. The second-order valence-electron chi connectivity index (χ2n) is 5.76. The van der Waals surface area contributed by atoms with Crippen LogP contribution in [0.25, 0.3) is 0 Å². The maximum absolute atomic E-state index is 11.0. The Hall–Kier alpha value is -0.690. The first-order valence-electron chi connectivity index (χ1n) is 7.09. The van der Waals surface area contributed by atoms with E-state index < -0.39 is 6.10 Å². The number of hydrogen-bond acceptors (Lipinski definition) is 5. The van der Waals surface area contributed by atoms with Gasteiger partial charge in [-0.15, -0.1) is 0 Å². The summed E-state index contributed by atoms with van der Waals surface area (Å²) in [5.41, 5.74) is 5.25. The molecule has 112 valence electrons. The van der Waals surface area contributed by atoms with Crippen LogP contribution in [0.5, 0.6) is 0 Å². The molecule has 0 bridgehead atoms. The number of rotatable bonds is 8. The van der Waals surface area contributed by atoms with Crippen LogP contribution in [0.15, 0.2) is 0 Å². The molecule has 1 unspecified atom stereocenters. The maximum atomic E-state index is 11.0. The molecule has 4 N–H and O–H groups in total. The summed E-state index contributed by atoms with van der Waals surface area (Å²) in [5, 5.41) is 13.4. The van der Waals surface area contributed by atoms with Gasteiger partial charge in [-0.25, -0.2) is 0 Å². The van der Waals surface area contributed by atoms with Crippen molar-refractivity contribution >= 4 is 5.91 Å². The smallest absolute Gasteiger partial charge is 0.231 e. The molecule has 19 heavy (non-hydrogen) atoms. The van der Waals surface area contributed by atoms with Gasteiger partial charge in [-0.3, -0.25) is 14.6 Å². The molecule has 1 rings (SSSR count). The molecule has 1 saturated heterocycles. The Bertz CT molecular complexity index is 267. The van der Waals surface area contributed by atoms with Crippen LogP contribution in [-0.2, 0) is 4.79 Å². The van der Waals surface area contributed by atoms with E-state index in [1.54, 1.807) is 0 Å². The van der Waals surface area contributed by atoms with Crippen molar-refractivity contribution < 1.29 is 9.90 Å². The van der Waals surface area contributed by atoms with Gasteiger partial charge in [0.1, 0.15) is 0 Å². The Kier molecular flexibility index (Phi) is 7.30. The molecule has 0 radical (unpaired) electrons. The minimum Gasteiger partial charge on any atom is -0.390 e. The van der Waals surface area contributed by atoms with Gasteiger partial charge in [0.25, 0.3) is 0 Å². The fraction of sp³-hybridized carbons (Fsp3) is 0.923. The highest BCUT2D eigenvalue weighted by Crippen LogP contribution is 2.02. The summed E-state index contributed by atoms with van der Waals surface area (Å²) >= 11 is 0. The largest absolute Gasteiger partial charge is 0.390 e. The average molecular weight is 272 g/mol. The number of amides is 1. The monoisotopic (exact) mass is 272 g/mol. The highest BCUT2D eigenvalue weighted by Gasteiger charge is 2.18. The molecule has 1 aliphatic rings. The number of primary amides is 1. The third-order valence-electron chi connectivity index (χ3n) is 3.15. The second kappa shape index (κ2) is 8.47. The summed E-state index contributed by atoms with van der Waals surface area (Å²) in [6.07, 6.45) is -0.434. The molecule has 0 aliphatic carbocycles. The molecule has 1 amide bonds. The van der Waals surface area contributed by atoms with E-state index in [4.69, 9.17) is 5.73 Å². The van der Waals surface area contributed by atoms with E-state index >= 15 is 0 Å². The predicted molar refractivity (Wildman–Crippen MR) is 75.8 cm³/mol. The zero-order valence-electron chi connectivity index (χ0n) is 12.1. The van der Waals surface area contributed by atoms with E-state index in [1.165, 1.54) is 0 Å². The van der Waals surface area contributed by atoms with Gasteiger partial charge in [-0.2, -0.15) is 0 Å². The van der Waals surface area contributed by atoms with Gasteiger partial charge in [0, 0.05) is 45.8 Å². The number of aliphatic hydroxyl groups is 1. The van der Waals surface area contributed by atoms with Crippen LogP contribution in [0.4, 0.5) is 0 Å². The maximum Gasteiger partial charge on any atom is 0.231 e. The van der Waals surface area contributed by atoms with Crippen molar-refractivity contribution in [1.29, 1.82) is 0 Å². The predicted octanol–water partition coefficient (Wildman–Crippen LogP) is -1.30. The lowest BCUT2D eigenvalue weighted by Crippen LogP contribution is -2.49. The molecule has 1 heterocycles. The van der Waals surface area contributed by atoms with Gasteiger partial charge in [0.2, 0.25) is 5.91 Å². The van der Waals surface area contributed by atoms with E-state index in [0.717, 1.165) is 32.7 Å². The Morgan fingerprint density at radius 3 is 2.53 bits per heavy atom. The fourth-order valence-electron chi connectivity index (χ4n) is 2.49.